The zero-order valence-corrected chi connectivity index (χ0v) is 35.5. The van der Waals surface area contributed by atoms with Gasteiger partial charge in [0.2, 0.25) is 0 Å². The van der Waals surface area contributed by atoms with Crippen molar-refractivity contribution < 1.29 is 34.4 Å². The van der Waals surface area contributed by atoms with Crippen LogP contribution in [0.25, 0.3) is 0 Å². The van der Waals surface area contributed by atoms with Gasteiger partial charge in [0, 0.05) is 19.5 Å². The predicted octanol–water partition coefficient (Wildman–Crippen LogP) is 9.92. The smallest absolute Gasteiger partial charge is 0.335 e. The van der Waals surface area contributed by atoms with Gasteiger partial charge in [0.25, 0.3) is 0 Å². The molecule has 3 unspecified atom stereocenters. The molecule has 0 aromatic heterocycles. The summed E-state index contributed by atoms with van der Waals surface area (Å²) in [6.45, 7) is 8.54. The van der Waals surface area contributed by atoms with Gasteiger partial charge >= 0.3 is 11.9 Å². The van der Waals surface area contributed by atoms with Gasteiger partial charge in [-0.15, -0.1) is 0 Å². The van der Waals surface area contributed by atoms with Gasteiger partial charge in [0.15, 0.2) is 6.10 Å². The van der Waals surface area contributed by atoms with Crippen LogP contribution in [0, 0.1) is 0 Å². The monoisotopic (exact) mass is 754 g/mol. The second kappa shape index (κ2) is 39.1. The third kappa shape index (κ3) is 33.9. The molecule has 0 aromatic carbocycles. The number of aliphatic hydroxyl groups excluding tert-OH is 3. The molecule has 0 radical (unpaired) electrons. The molecule has 53 heavy (non-hydrogen) atoms. The number of esters is 2. The van der Waals surface area contributed by atoms with E-state index in [4.69, 9.17) is 9.47 Å². The first-order chi connectivity index (χ1) is 25.8. The second-order valence-corrected chi connectivity index (χ2v) is 15.9. The van der Waals surface area contributed by atoms with E-state index in [1.807, 2.05) is 4.90 Å². The Kier molecular flexibility index (Phi) is 38.2. The number of hydrogen-bond donors (Lipinski definition) is 3. The maximum atomic E-state index is 12.8. The Morgan fingerprint density at radius 1 is 0.528 bits per heavy atom. The highest BCUT2D eigenvalue weighted by Gasteiger charge is 2.22. The summed E-state index contributed by atoms with van der Waals surface area (Å²) in [5.74, 6) is -0.588. The van der Waals surface area contributed by atoms with Crippen LogP contribution in [-0.4, -0.2) is 84.1 Å². The molecule has 0 fully saturated rings. The van der Waals surface area contributed by atoms with Gasteiger partial charge in [0.05, 0.1) is 12.6 Å². The van der Waals surface area contributed by atoms with Crippen LogP contribution in [0.4, 0.5) is 0 Å². The second-order valence-electron chi connectivity index (χ2n) is 15.9. The first-order valence-corrected chi connectivity index (χ1v) is 22.9. The number of nitrogens with zero attached hydrogens (tertiary/aromatic N) is 1. The highest BCUT2D eigenvalue weighted by Crippen LogP contribution is 2.19. The SMILES string of the molecule is BC(O)C(O)N(CCCCCCC(O)C(=O)OC(CCCCCCCC)CCCCCCCC)CCCCCC(=O)OCCCCCCCCCCC. The molecule has 9 heteroatoms. The summed E-state index contributed by atoms with van der Waals surface area (Å²) in [6.07, 6.45) is 32.1. The molecule has 0 saturated carbocycles. The molecule has 0 aliphatic rings. The first kappa shape index (κ1) is 51.8. The topological polar surface area (TPSA) is 117 Å². The fraction of sp³-hybridized carbons (Fsp3) is 0.955. The highest BCUT2D eigenvalue weighted by atomic mass is 16.6. The normalized spacial score (nSPS) is 13.4. The number of aliphatic hydroxyl groups is 3. The van der Waals surface area contributed by atoms with Gasteiger partial charge in [-0.2, -0.15) is 0 Å². The minimum absolute atomic E-state index is 0.0935. The van der Waals surface area contributed by atoms with E-state index in [-0.39, 0.29) is 12.1 Å². The van der Waals surface area contributed by atoms with Crippen molar-refractivity contribution in [1.29, 1.82) is 0 Å². The van der Waals surface area contributed by atoms with Gasteiger partial charge in [0.1, 0.15) is 20.2 Å². The number of carbonyl (C=O) groups excluding carboxylic acids is 2. The molecular formula is C44H88BNO7. The standard InChI is InChI=1S/C44H88BNO7/c1-4-7-10-13-16-17-18-23-31-38-52-41(48)35-28-24-30-37-46(43(50)42(45)49)36-29-22-21-27-34-40(47)44(51)53-39(32-25-19-14-11-8-5-2)33-26-20-15-12-9-6-3/h39-40,42-43,47,49-50H,4-38,45H2,1-3H3. The van der Waals surface area contributed by atoms with Crippen LogP contribution >= 0.6 is 0 Å². The fourth-order valence-electron chi connectivity index (χ4n) is 7.05. The van der Waals surface area contributed by atoms with Crippen LogP contribution in [0.3, 0.4) is 0 Å². The van der Waals surface area contributed by atoms with Crippen molar-refractivity contribution in [2.45, 2.75) is 251 Å². The molecule has 0 amide bonds. The van der Waals surface area contributed by atoms with Crippen molar-refractivity contribution in [2.24, 2.45) is 0 Å². The molecule has 3 atom stereocenters. The van der Waals surface area contributed by atoms with Crippen LogP contribution in [-0.2, 0) is 19.1 Å². The Hall–Kier alpha value is -1.16. The third-order valence-corrected chi connectivity index (χ3v) is 10.6. The average molecular weight is 754 g/mol. The quantitative estimate of drug-likeness (QED) is 0.0245. The van der Waals surface area contributed by atoms with E-state index in [1.54, 1.807) is 7.85 Å². The summed E-state index contributed by atoms with van der Waals surface area (Å²) < 4.78 is 11.3. The Morgan fingerprint density at radius 3 is 1.40 bits per heavy atom. The molecule has 0 rings (SSSR count). The van der Waals surface area contributed by atoms with E-state index < -0.39 is 24.3 Å². The summed E-state index contributed by atoms with van der Waals surface area (Å²) in [7, 11) is 1.60. The van der Waals surface area contributed by atoms with Crippen molar-refractivity contribution in [2.75, 3.05) is 19.7 Å². The van der Waals surface area contributed by atoms with Crippen LogP contribution in [0.1, 0.15) is 226 Å². The van der Waals surface area contributed by atoms with Gasteiger partial charge in [-0.1, -0.05) is 162 Å². The van der Waals surface area contributed by atoms with E-state index in [1.165, 1.54) is 109 Å². The van der Waals surface area contributed by atoms with Crippen LogP contribution in [0.15, 0.2) is 0 Å². The van der Waals surface area contributed by atoms with E-state index in [0.29, 0.717) is 32.5 Å². The lowest BCUT2D eigenvalue weighted by Gasteiger charge is -2.30. The Morgan fingerprint density at radius 2 is 0.925 bits per heavy atom. The molecule has 8 nitrogen and oxygen atoms in total. The molecule has 0 aromatic rings. The molecule has 0 aliphatic carbocycles. The zero-order chi connectivity index (χ0) is 39.2. The van der Waals surface area contributed by atoms with Crippen LogP contribution < -0.4 is 0 Å². The van der Waals surface area contributed by atoms with Crippen molar-refractivity contribution in [3.8, 4) is 0 Å². The van der Waals surface area contributed by atoms with Gasteiger partial charge < -0.3 is 24.8 Å². The molecule has 0 bridgehead atoms. The lowest BCUT2D eigenvalue weighted by molar-refractivity contribution is -0.160. The fourth-order valence-corrected chi connectivity index (χ4v) is 7.05. The lowest BCUT2D eigenvalue weighted by Crippen LogP contribution is -2.44. The Bertz CT molecular complexity index is 786. The van der Waals surface area contributed by atoms with Crippen LogP contribution in [0.5, 0.6) is 0 Å². The van der Waals surface area contributed by atoms with E-state index >= 15 is 0 Å². The van der Waals surface area contributed by atoms with Crippen LogP contribution in [0.2, 0.25) is 0 Å². The largest absolute Gasteiger partial charge is 0.466 e. The number of carbonyl (C=O) groups is 2. The predicted molar refractivity (Wildman–Crippen MR) is 224 cm³/mol. The molecule has 0 aliphatic heterocycles. The summed E-state index contributed by atoms with van der Waals surface area (Å²) in [5.41, 5.74) is 0. The van der Waals surface area contributed by atoms with Gasteiger partial charge in [-0.05, 0) is 57.8 Å². The zero-order valence-electron chi connectivity index (χ0n) is 35.5. The van der Waals surface area contributed by atoms with Gasteiger partial charge in [-0.3, -0.25) is 9.69 Å². The Balaban J connectivity index is 4.28. The van der Waals surface area contributed by atoms with Crippen molar-refractivity contribution >= 4 is 19.8 Å². The molecule has 314 valence electrons. The van der Waals surface area contributed by atoms with Crippen molar-refractivity contribution in [1.82, 2.24) is 4.90 Å². The van der Waals surface area contributed by atoms with Crippen molar-refractivity contribution in [3.63, 3.8) is 0 Å². The molecule has 0 saturated heterocycles. The minimum atomic E-state index is -1.08. The number of hydrogen-bond acceptors (Lipinski definition) is 8. The summed E-state index contributed by atoms with van der Waals surface area (Å²) in [5, 5.41) is 31.2. The van der Waals surface area contributed by atoms with Crippen molar-refractivity contribution in [3.05, 3.63) is 0 Å². The van der Waals surface area contributed by atoms with E-state index in [2.05, 4.69) is 20.8 Å². The minimum Gasteiger partial charge on any atom is -0.466 e. The molecular weight excluding hydrogens is 665 g/mol. The Labute approximate surface area is 328 Å². The summed E-state index contributed by atoms with van der Waals surface area (Å²) in [4.78, 5) is 26.9. The molecule has 3 N–H and O–H groups in total. The summed E-state index contributed by atoms with van der Waals surface area (Å²) >= 11 is 0. The summed E-state index contributed by atoms with van der Waals surface area (Å²) in [6, 6.07) is -0.849. The third-order valence-electron chi connectivity index (χ3n) is 10.6. The number of rotatable bonds is 41. The maximum Gasteiger partial charge on any atom is 0.335 e. The number of unbranched alkanes of at least 4 members (excludes halogenated alkanes) is 23. The lowest BCUT2D eigenvalue weighted by atomic mass is 9.97. The van der Waals surface area contributed by atoms with E-state index in [9.17, 15) is 24.9 Å². The number of ether oxygens (including phenoxy) is 2. The molecule has 0 spiro atoms. The first-order valence-electron chi connectivity index (χ1n) is 22.9. The van der Waals surface area contributed by atoms with Gasteiger partial charge in [-0.25, -0.2) is 4.79 Å². The van der Waals surface area contributed by atoms with E-state index in [0.717, 1.165) is 83.5 Å². The highest BCUT2D eigenvalue weighted by molar-refractivity contribution is 6.11. The molecule has 0 heterocycles. The average Bonchev–Trinajstić information content (AvgIpc) is 3.14. The maximum absolute atomic E-state index is 12.8.